The van der Waals surface area contributed by atoms with Crippen LogP contribution < -0.4 is 0 Å². The highest BCUT2D eigenvalue weighted by atomic mass is 32.2. The first-order valence-corrected chi connectivity index (χ1v) is 5.56. The lowest BCUT2D eigenvalue weighted by atomic mass is 10.2. The highest BCUT2D eigenvalue weighted by Crippen LogP contribution is 2.18. The Morgan fingerprint density at radius 1 is 1.54 bits per heavy atom. The zero-order valence-electron chi connectivity index (χ0n) is 7.08. The van der Waals surface area contributed by atoms with Crippen molar-refractivity contribution in [2.75, 3.05) is 12.9 Å². The van der Waals surface area contributed by atoms with Gasteiger partial charge in [-0.3, -0.25) is 4.18 Å². The molecule has 1 aliphatic heterocycles. The molecule has 0 aromatic rings. The topological polar surface area (TPSA) is 93.1 Å². The molecule has 0 radical (unpaired) electrons. The normalized spacial score (nSPS) is 35.2. The van der Waals surface area contributed by atoms with Crippen molar-refractivity contribution in [1.82, 2.24) is 0 Å². The van der Waals surface area contributed by atoms with Crippen molar-refractivity contribution in [2.45, 2.75) is 24.9 Å². The van der Waals surface area contributed by atoms with Gasteiger partial charge in [0.15, 0.2) is 6.29 Å². The highest BCUT2D eigenvalue weighted by Gasteiger charge is 2.33. The number of hydrogen-bond donors (Lipinski definition) is 2. The summed E-state index contributed by atoms with van der Waals surface area (Å²) in [7, 11) is -3.53. The number of aliphatic hydroxyl groups excluding tert-OH is 2. The van der Waals surface area contributed by atoms with E-state index in [0.29, 0.717) is 0 Å². The Morgan fingerprint density at radius 3 is 2.54 bits per heavy atom. The van der Waals surface area contributed by atoms with Crippen LogP contribution >= 0.6 is 0 Å². The predicted molar refractivity (Wildman–Crippen MR) is 42.3 cm³/mol. The lowest BCUT2D eigenvalue weighted by Crippen LogP contribution is -2.27. The van der Waals surface area contributed by atoms with E-state index in [1.165, 1.54) is 0 Å². The average Bonchev–Trinajstić information content (AvgIpc) is 2.24. The number of aliphatic hydroxyl groups is 2. The Morgan fingerprint density at radius 2 is 2.15 bits per heavy atom. The van der Waals surface area contributed by atoms with Crippen molar-refractivity contribution in [2.24, 2.45) is 0 Å². The summed E-state index contributed by atoms with van der Waals surface area (Å²) in [6.45, 7) is -0.267. The molecule has 1 fully saturated rings. The van der Waals surface area contributed by atoms with E-state index in [2.05, 4.69) is 4.18 Å². The van der Waals surface area contributed by atoms with E-state index >= 15 is 0 Å². The fourth-order valence-corrected chi connectivity index (χ4v) is 1.43. The summed E-state index contributed by atoms with van der Waals surface area (Å²) >= 11 is 0. The Kier molecular flexibility index (Phi) is 3.25. The molecule has 1 aliphatic rings. The lowest BCUT2D eigenvalue weighted by molar-refractivity contribution is -0.104. The van der Waals surface area contributed by atoms with Gasteiger partial charge in [-0.1, -0.05) is 0 Å². The van der Waals surface area contributed by atoms with Gasteiger partial charge in [-0.2, -0.15) is 8.42 Å². The van der Waals surface area contributed by atoms with Gasteiger partial charge in [0.2, 0.25) is 0 Å². The molecule has 7 heteroatoms. The van der Waals surface area contributed by atoms with Crippen LogP contribution in [0, 0.1) is 0 Å². The monoisotopic (exact) mass is 212 g/mol. The maximum Gasteiger partial charge on any atom is 0.264 e. The van der Waals surface area contributed by atoms with Crippen LogP contribution in [0.15, 0.2) is 0 Å². The van der Waals surface area contributed by atoms with Crippen LogP contribution in [0.5, 0.6) is 0 Å². The van der Waals surface area contributed by atoms with Gasteiger partial charge in [0, 0.05) is 6.42 Å². The fraction of sp³-hybridized carbons (Fsp3) is 1.00. The minimum Gasteiger partial charge on any atom is -0.390 e. The van der Waals surface area contributed by atoms with Gasteiger partial charge in [-0.15, -0.1) is 0 Å². The second kappa shape index (κ2) is 3.89. The van der Waals surface area contributed by atoms with E-state index in [0.717, 1.165) is 6.26 Å². The Balaban J connectivity index is 2.38. The molecule has 0 aromatic carbocycles. The van der Waals surface area contributed by atoms with Crippen molar-refractivity contribution in [3.63, 3.8) is 0 Å². The molecular formula is C6H12O6S. The quantitative estimate of drug-likeness (QED) is 0.549. The summed E-state index contributed by atoms with van der Waals surface area (Å²) < 4.78 is 30.3. The van der Waals surface area contributed by atoms with Crippen LogP contribution in [0.3, 0.4) is 0 Å². The number of rotatable bonds is 3. The molecule has 3 atom stereocenters. The maximum absolute atomic E-state index is 10.6. The first-order chi connectivity index (χ1) is 5.88. The molecule has 1 saturated heterocycles. The molecule has 1 rings (SSSR count). The zero-order valence-corrected chi connectivity index (χ0v) is 7.90. The summed E-state index contributed by atoms with van der Waals surface area (Å²) in [6.07, 6.45) is -1.70. The van der Waals surface area contributed by atoms with Crippen molar-refractivity contribution in [3.8, 4) is 0 Å². The van der Waals surface area contributed by atoms with Crippen molar-refractivity contribution < 1.29 is 27.6 Å². The molecule has 78 valence electrons. The van der Waals surface area contributed by atoms with Gasteiger partial charge in [0.25, 0.3) is 10.1 Å². The summed E-state index contributed by atoms with van der Waals surface area (Å²) in [5, 5.41) is 18.1. The third-order valence-electron chi connectivity index (χ3n) is 1.65. The van der Waals surface area contributed by atoms with Gasteiger partial charge >= 0.3 is 0 Å². The highest BCUT2D eigenvalue weighted by molar-refractivity contribution is 7.85. The van der Waals surface area contributed by atoms with Gasteiger partial charge in [-0.25, -0.2) is 0 Å². The smallest absolute Gasteiger partial charge is 0.264 e. The van der Waals surface area contributed by atoms with E-state index in [1.807, 2.05) is 0 Å². The molecule has 0 bridgehead atoms. The first kappa shape index (κ1) is 10.9. The van der Waals surface area contributed by atoms with Gasteiger partial charge in [0.05, 0.1) is 19.0 Å². The van der Waals surface area contributed by atoms with Crippen LogP contribution in [0.25, 0.3) is 0 Å². The Labute approximate surface area is 76.2 Å². The van der Waals surface area contributed by atoms with Gasteiger partial charge in [-0.05, 0) is 0 Å². The van der Waals surface area contributed by atoms with E-state index in [1.54, 1.807) is 0 Å². The molecular weight excluding hydrogens is 200 g/mol. The van der Waals surface area contributed by atoms with Gasteiger partial charge in [0.1, 0.15) is 6.10 Å². The van der Waals surface area contributed by atoms with Crippen LogP contribution in [0.1, 0.15) is 6.42 Å². The van der Waals surface area contributed by atoms with Crippen LogP contribution in [0.4, 0.5) is 0 Å². The number of ether oxygens (including phenoxy) is 1. The minimum absolute atomic E-state index is 0.0811. The molecule has 3 unspecified atom stereocenters. The summed E-state index contributed by atoms with van der Waals surface area (Å²) in [5.41, 5.74) is 0. The standard InChI is InChI=1S/C6H12O6S/c1-13(9,10)11-3-5-4(7)2-6(8)12-5/h4-8H,2-3H2,1H3. The summed E-state index contributed by atoms with van der Waals surface area (Å²) in [4.78, 5) is 0. The third-order valence-corrected chi connectivity index (χ3v) is 2.21. The van der Waals surface area contributed by atoms with Crippen LogP contribution in [-0.4, -0.2) is 50.0 Å². The molecule has 13 heavy (non-hydrogen) atoms. The first-order valence-electron chi connectivity index (χ1n) is 3.74. The van der Waals surface area contributed by atoms with E-state index in [9.17, 15) is 13.5 Å². The van der Waals surface area contributed by atoms with Gasteiger partial charge < -0.3 is 14.9 Å². The minimum atomic E-state index is -3.53. The summed E-state index contributed by atoms with van der Waals surface area (Å²) in [6, 6.07) is 0. The number of hydrogen-bond acceptors (Lipinski definition) is 6. The SMILES string of the molecule is CS(=O)(=O)OCC1OC(O)CC1O. The van der Waals surface area contributed by atoms with Crippen molar-refractivity contribution in [1.29, 1.82) is 0 Å². The molecule has 0 saturated carbocycles. The molecule has 0 spiro atoms. The molecule has 6 nitrogen and oxygen atoms in total. The fourth-order valence-electron chi connectivity index (χ4n) is 1.05. The molecule has 2 N–H and O–H groups in total. The van der Waals surface area contributed by atoms with E-state index < -0.39 is 28.6 Å². The largest absolute Gasteiger partial charge is 0.390 e. The van der Waals surface area contributed by atoms with E-state index in [4.69, 9.17) is 9.84 Å². The second-order valence-electron chi connectivity index (χ2n) is 2.92. The van der Waals surface area contributed by atoms with Crippen LogP contribution in [0.2, 0.25) is 0 Å². The lowest BCUT2D eigenvalue weighted by Gasteiger charge is -2.12. The van der Waals surface area contributed by atoms with Crippen molar-refractivity contribution >= 4 is 10.1 Å². The zero-order chi connectivity index (χ0) is 10.1. The van der Waals surface area contributed by atoms with Crippen molar-refractivity contribution in [3.05, 3.63) is 0 Å². The third kappa shape index (κ3) is 3.57. The van der Waals surface area contributed by atoms with Crippen LogP contribution in [-0.2, 0) is 19.0 Å². The van der Waals surface area contributed by atoms with E-state index in [-0.39, 0.29) is 13.0 Å². The second-order valence-corrected chi connectivity index (χ2v) is 4.56. The summed E-state index contributed by atoms with van der Waals surface area (Å²) in [5.74, 6) is 0. The molecule has 0 aromatic heterocycles. The predicted octanol–water partition coefficient (Wildman–Crippen LogP) is -1.57. The average molecular weight is 212 g/mol. The molecule has 0 aliphatic carbocycles. The Hall–Kier alpha value is -0.210. The maximum atomic E-state index is 10.6. The Bertz CT molecular complexity index is 260. The molecule has 1 heterocycles. The molecule has 0 amide bonds.